The first-order chi connectivity index (χ1) is 11.2. The molecular formula is C16H13ClN4O2. The van der Waals surface area contributed by atoms with Crippen molar-refractivity contribution in [2.24, 2.45) is 0 Å². The van der Waals surface area contributed by atoms with E-state index < -0.39 is 0 Å². The van der Waals surface area contributed by atoms with Gasteiger partial charge in [0.1, 0.15) is 0 Å². The molecular weight excluding hydrogens is 316 g/mol. The van der Waals surface area contributed by atoms with Crippen LogP contribution < -0.4 is 5.32 Å². The second kappa shape index (κ2) is 6.60. The molecule has 0 fully saturated rings. The largest absolute Gasteiger partial charge is 0.392 e. The number of rotatable bonds is 4. The van der Waals surface area contributed by atoms with Crippen molar-refractivity contribution >= 4 is 23.2 Å². The standard InChI is InChI=1S/C16H13ClN4O2/c17-12-4-2-6-14(8-12)21-18-9-15(20-21)16(23)19-13-5-1-3-11(7-13)10-22/h1-9,22H,10H2,(H,19,23). The fraction of sp³-hybridized carbons (Fsp3) is 0.0625. The molecule has 7 heteroatoms. The molecule has 0 spiro atoms. The van der Waals surface area contributed by atoms with Crippen LogP contribution in [-0.2, 0) is 6.61 Å². The molecule has 0 saturated heterocycles. The number of carbonyl (C=O) groups is 1. The molecule has 116 valence electrons. The first kappa shape index (κ1) is 15.2. The van der Waals surface area contributed by atoms with Crippen LogP contribution in [0.25, 0.3) is 5.69 Å². The minimum atomic E-state index is -0.381. The van der Waals surface area contributed by atoms with Gasteiger partial charge >= 0.3 is 0 Å². The van der Waals surface area contributed by atoms with Crippen molar-refractivity contribution in [1.29, 1.82) is 0 Å². The molecule has 1 heterocycles. The summed E-state index contributed by atoms with van der Waals surface area (Å²) in [6.45, 7) is -0.0886. The third-order valence-electron chi connectivity index (χ3n) is 3.13. The normalized spacial score (nSPS) is 10.5. The lowest BCUT2D eigenvalue weighted by atomic mass is 10.2. The number of hydrogen-bond acceptors (Lipinski definition) is 4. The van der Waals surface area contributed by atoms with Gasteiger partial charge in [0.25, 0.3) is 5.91 Å². The summed E-state index contributed by atoms with van der Waals surface area (Å²) < 4.78 is 0. The number of nitrogens with zero attached hydrogens (tertiary/aromatic N) is 3. The molecule has 0 aliphatic rings. The Hall–Kier alpha value is -2.70. The topological polar surface area (TPSA) is 80.0 Å². The van der Waals surface area contributed by atoms with Crippen LogP contribution in [0.5, 0.6) is 0 Å². The first-order valence-electron chi connectivity index (χ1n) is 6.85. The van der Waals surface area contributed by atoms with Crippen molar-refractivity contribution < 1.29 is 9.90 Å². The van der Waals surface area contributed by atoms with E-state index in [2.05, 4.69) is 15.5 Å². The van der Waals surface area contributed by atoms with Gasteiger partial charge in [0.2, 0.25) is 0 Å². The lowest BCUT2D eigenvalue weighted by Gasteiger charge is -2.04. The van der Waals surface area contributed by atoms with Gasteiger partial charge in [-0.3, -0.25) is 4.79 Å². The number of halogens is 1. The van der Waals surface area contributed by atoms with Gasteiger partial charge in [-0.2, -0.15) is 9.90 Å². The predicted molar refractivity (Wildman–Crippen MR) is 86.7 cm³/mol. The van der Waals surface area contributed by atoms with Crippen LogP contribution in [0.4, 0.5) is 5.69 Å². The Labute approximate surface area is 137 Å². The maximum Gasteiger partial charge on any atom is 0.277 e. The molecule has 2 N–H and O–H groups in total. The molecule has 1 aromatic heterocycles. The van der Waals surface area contributed by atoms with Gasteiger partial charge in [-0.1, -0.05) is 29.8 Å². The smallest absolute Gasteiger partial charge is 0.277 e. The van der Waals surface area contributed by atoms with Crippen molar-refractivity contribution in [3.05, 3.63) is 71.0 Å². The predicted octanol–water partition coefficient (Wildman–Crippen LogP) is 2.67. The monoisotopic (exact) mass is 328 g/mol. The van der Waals surface area contributed by atoms with E-state index in [1.165, 1.54) is 11.0 Å². The van der Waals surface area contributed by atoms with Crippen molar-refractivity contribution in [1.82, 2.24) is 15.0 Å². The van der Waals surface area contributed by atoms with E-state index in [-0.39, 0.29) is 18.2 Å². The molecule has 3 rings (SSSR count). The third-order valence-corrected chi connectivity index (χ3v) is 3.37. The molecule has 0 aliphatic carbocycles. The van der Waals surface area contributed by atoms with Gasteiger partial charge in [-0.05, 0) is 35.9 Å². The second-order valence-corrected chi connectivity index (χ2v) is 5.25. The Morgan fingerprint density at radius 3 is 2.83 bits per heavy atom. The number of aliphatic hydroxyl groups excluding tert-OH is 1. The van der Waals surface area contributed by atoms with Gasteiger partial charge in [0, 0.05) is 10.7 Å². The highest BCUT2D eigenvalue weighted by Gasteiger charge is 2.12. The summed E-state index contributed by atoms with van der Waals surface area (Å²) in [7, 11) is 0. The zero-order chi connectivity index (χ0) is 16.2. The SMILES string of the molecule is O=C(Nc1cccc(CO)c1)c1cnn(-c2cccc(Cl)c2)n1. The maximum atomic E-state index is 12.2. The number of amides is 1. The highest BCUT2D eigenvalue weighted by atomic mass is 35.5. The van der Waals surface area contributed by atoms with E-state index in [0.29, 0.717) is 22.0 Å². The van der Waals surface area contributed by atoms with Crippen LogP contribution >= 0.6 is 11.6 Å². The number of anilines is 1. The van der Waals surface area contributed by atoms with Crippen LogP contribution in [0.1, 0.15) is 16.1 Å². The molecule has 0 bridgehead atoms. The highest BCUT2D eigenvalue weighted by Crippen LogP contribution is 2.14. The second-order valence-electron chi connectivity index (χ2n) is 4.81. The van der Waals surface area contributed by atoms with E-state index in [9.17, 15) is 4.79 Å². The van der Waals surface area contributed by atoms with Crippen LogP contribution in [0, 0.1) is 0 Å². The van der Waals surface area contributed by atoms with E-state index in [4.69, 9.17) is 16.7 Å². The van der Waals surface area contributed by atoms with Crippen molar-refractivity contribution in [2.45, 2.75) is 6.61 Å². The van der Waals surface area contributed by atoms with Crippen LogP contribution in [0.2, 0.25) is 5.02 Å². The number of carbonyl (C=O) groups excluding carboxylic acids is 1. The van der Waals surface area contributed by atoms with Gasteiger partial charge in [-0.15, -0.1) is 5.10 Å². The number of aromatic nitrogens is 3. The van der Waals surface area contributed by atoms with Crippen LogP contribution in [0.15, 0.2) is 54.7 Å². The summed E-state index contributed by atoms with van der Waals surface area (Å²) in [5, 5.41) is 20.6. The zero-order valence-electron chi connectivity index (χ0n) is 12.0. The molecule has 23 heavy (non-hydrogen) atoms. The zero-order valence-corrected chi connectivity index (χ0v) is 12.7. The molecule has 0 saturated carbocycles. The number of hydrogen-bond donors (Lipinski definition) is 2. The molecule has 0 atom stereocenters. The lowest BCUT2D eigenvalue weighted by molar-refractivity contribution is 0.102. The molecule has 0 radical (unpaired) electrons. The molecule has 0 aliphatic heterocycles. The number of aliphatic hydroxyl groups is 1. The molecule has 3 aromatic rings. The summed E-state index contributed by atoms with van der Waals surface area (Å²) in [5.41, 5.74) is 2.14. The summed E-state index contributed by atoms with van der Waals surface area (Å²) in [5.74, 6) is -0.381. The highest BCUT2D eigenvalue weighted by molar-refractivity contribution is 6.30. The molecule has 0 unspecified atom stereocenters. The van der Waals surface area contributed by atoms with E-state index >= 15 is 0 Å². The van der Waals surface area contributed by atoms with E-state index in [1.807, 2.05) is 0 Å². The van der Waals surface area contributed by atoms with Crippen molar-refractivity contribution in [2.75, 3.05) is 5.32 Å². The fourth-order valence-corrected chi connectivity index (χ4v) is 2.22. The van der Waals surface area contributed by atoms with Gasteiger partial charge in [-0.25, -0.2) is 0 Å². The fourth-order valence-electron chi connectivity index (χ4n) is 2.03. The van der Waals surface area contributed by atoms with Gasteiger partial charge in [0.05, 0.1) is 18.5 Å². The minimum absolute atomic E-state index is 0.0886. The molecule has 1 amide bonds. The van der Waals surface area contributed by atoms with Crippen LogP contribution in [-0.4, -0.2) is 26.0 Å². The summed E-state index contributed by atoms with van der Waals surface area (Å²) in [6, 6.07) is 14.0. The Bertz CT molecular complexity index is 847. The maximum absolute atomic E-state index is 12.2. The van der Waals surface area contributed by atoms with Crippen molar-refractivity contribution in [3.8, 4) is 5.69 Å². The third kappa shape index (κ3) is 3.56. The molecule has 2 aromatic carbocycles. The summed E-state index contributed by atoms with van der Waals surface area (Å²) in [4.78, 5) is 13.5. The van der Waals surface area contributed by atoms with Gasteiger partial charge in [0.15, 0.2) is 5.69 Å². The summed E-state index contributed by atoms with van der Waals surface area (Å²) >= 11 is 5.93. The Morgan fingerprint density at radius 1 is 1.22 bits per heavy atom. The average Bonchev–Trinajstić information content (AvgIpc) is 3.05. The summed E-state index contributed by atoms with van der Waals surface area (Å²) in [6.07, 6.45) is 1.38. The number of benzene rings is 2. The minimum Gasteiger partial charge on any atom is -0.392 e. The van der Waals surface area contributed by atoms with Gasteiger partial charge < -0.3 is 10.4 Å². The van der Waals surface area contributed by atoms with Crippen LogP contribution in [0.3, 0.4) is 0 Å². The first-order valence-corrected chi connectivity index (χ1v) is 7.23. The Morgan fingerprint density at radius 2 is 2.04 bits per heavy atom. The average molecular weight is 329 g/mol. The van der Waals surface area contributed by atoms with E-state index in [0.717, 1.165) is 0 Å². The Balaban J connectivity index is 1.78. The quantitative estimate of drug-likeness (QED) is 0.771. The van der Waals surface area contributed by atoms with E-state index in [1.54, 1.807) is 48.5 Å². The van der Waals surface area contributed by atoms with Crippen molar-refractivity contribution in [3.63, 3.8) is 0 Å². The Kier molecular flexibility index (Phi) is 4.36. The molecule has 6 nitrogen and oxygen atoms in total. The number of nitrogens with one attached hydrogen (secondary N) is 1. The lowest BCUT2D eigenvalue weighted by Crippen LogP contribution is -2.13.